The molecular weight excluding hydrogens is 333 g/mol. The Balaban J connectivity index is 2.51. The molecule has 0 unspecified atom stereocenters. The topological polar surface area (TPSA) is 62.6 Å². The number of halogens is 4. The SMILES string of the molecule is CN(CC(=O)NCC(F)(F)F)C(=O)c1ccoc1Br. The van der Waals surface area contributed by atoms with Crippen LogP contribution in [0.1, 0.15) is 10.4 Å². The Morgan fingerprint density at radius 3 is 2.58 bits per heavy atom. The van der Waals surface area contributed by atoms with E-state index in [0.717, 1.165) is 4.90 Å². The number of hydrogen-bond acceptors (Lipinski definition) is 3. The highest BCUT2D eigenvalue weighted by Gasteiger charge is 2.28. The lowest BCUT2D eigenvalue weighted by molar-refractivity contribution is -0.138. The van der Waals surface area contributed by atoms with Gasteiger partial charge in [-0.05, 0) is 22.0 Å². The lowest BCUT2D eigenvalue weighted by atomic mass is 10.3. The number of nitrogens with one attached hydrogen (secondary N) is 1. The van der Waals surface area contributed by atoms with Gasteiger partial charge in [0.2, 0.25) is 5.91 Å². The number of carbonyl (C=O) groups excluding carboxylic acids is 2. The van der Waals surface area contributed by atoms with Crippen molar-refractivity contribution in [3.8, 4) is 0 Å². The second-order valence-electron chi connectivity index (χ2n) is 3.66. The standard InChI is InChI=1S/C10H10BrF3N2O3/c1-16(4-7(17)15-5-10(12,13)14)9(18)6-2-3-19-8(6)11/h2-3H,4-5H2,1H3,(H,15,17). The van der Waals surface area contributed by atoms with Gasteiger partial charge in [-0.3, -0.25) is 9.59 Å². The maximum absolute atomic E-state index is 11.9. The highest BCUT2D eigenvalue weighted by molar-refractivity contribution is 9.10. The van der Waals surface area contributed by atoms with E-state index in [0.29, 0.717) is 0 Å². The number of carbonyl (C=O) groups is 2. The molecule has 9 heteroatoms. The van der Waals surface area contributed by atoms with E-state index in [-0.39, 0.29) is 10.2 Å². The lowest BCUT2D eigenvalue weighted by Crippen LogP contribution is -2.41. The van der Waals surface area contributed by atoms with Gasteiger partial charge in [0.15, 0.2) is 4.67 Å². The van der Waals surface area contributed by atoms with Gasteiger partial charge in [0, 0.05) is 7.05 Å². The molecule has 1 heterocycles. The van der Waals surface area contributed by atoms with Crippen molar-refractivity contribution in [1.29, 1.82) is 0 Å². The number of amides is 2. The van der Waals surface area contributed by atoms with E-state index in [9.17, 15) is 22.8 Å². The fourth-order valence-electron chi connectivity index (χ4n) is 1.19. The Morgan fingerprint density at radius 1 is 1.47 bits per heavy atom. The van der Waals surface area contributed by atoms with E-state index in [1.165, 1.54) is 19.4 Å². The third-order valence-electron chi connectivity index (χ3n) is 2.06. The smallest absolute Gasteiger partial charge is 0.405 e. The van der Waals surface area contributed by atoms with Gasteiger partial charge in [-0.2, -0.15) is 13.2 Å². The van der Waals surface area contributed by atoms with Crippen molar-refractivity contribution in [2.75, 3.05) is 20.1 Å². The minimum absolute atomic E-state index is 0.186. The van der Waals surface area contributed by atoms with E-state index in [2.05, 4.69) is 15.9 Å². The van der Waals surface area contributed by atoms with Crippen molar-refractivity contribution in [2.45, 2.75) is 6.18 Å². The minimum atomic E-state index is -4.48. The van der Waals surface area contributed by atoms with E-state index in [1.54, 1.807) is 5.32 Å². The molecule has 19 heavy (non-hydrogen) atoms. The molecule has 1 N–H and O–H groups in total. The summed E-state index contributed by atoms with van der Waals surface area (Å²) in [7, 11) is 1.30. The zero-order valence-electron chi connectivity index (χ0n) is 9.75. The summed E-state index contributed by atoms with van der Waals surface area (Å²) < 4.78 is 40.7. The van der Waals surface area contributed by atoms with Crippen LogP contribution in [0, 0.1) is 0 Å². The molecular formula is C10H10BrF3N2O3. The number of nitrogens with zero attached hydrogens (tertiary/aromatic N) is 1. The minimum Gasteiger partial charge on any atom is -0.457 e. The van der Waals surface area contributed by atoms with Crippen LogP contribution in [0.25, 0.3) is 0 Å². The zero-order chi connectivity index (χ0) is 14.6. The largest absolute Gasteiger partial charge is 0.457 e. The van der Waals surface area contributed by atoms with E-state index < -0.39 is 31.1 Å². The molecule has 0 spiro atoms. The van der Waals surface area contributed by atoms with Crippen molar-refractivity contribution >= 4 is 27.7 Å². The fraction of sp³-hybridized carbons (Fsp3) is 0.400. The number of rotatable bonds is 4. The summed E-state index contributed by atoms with van der Waals surface area (Å²) in [4.78, 5) is 24.0. The molecule has 0 aliphatic heterocycles. The monoisotopic (exact) mass is 342 g/mol. The molecule has 0 saturated heterocycles. The molecule has 1 rings (SSSR count). The van der Waals surface area contributed by atoms with Crippen molar-refractivity contribution in [2.24, 2.45) is 0 Å². The molecule has 0 aliphatic carbocycles. The predicted octanol–water partition coefficient (Wildman–Crippen LogP) is 1.79. The summed E-state index contributed by atoms with van der Waals surface area (Å²) in [5, 5.41) is 1.68. The van der Waals surface area contributed by atoms with Gasteiger partial charge < -0.3 is 14.6 Å². The van der Waals surface area contributed by atoms with Crippen LogP contribution in [0.4, 0.5) is 13.2 Å². The molecule has 0 aromatic carbocycles. The van der Waals surface area contributed by atoms with Gasteiger partial charge in [0.25, 0.3) is 5.91 Å². The lowest BCUT2D eigenvalue weighted by Gasteiger charge is -2.16. The average molecular weight is 343 g/mol. The molecule has 0 atom stereocenters. The molecule has 0 radical (unpaired) electrons. The van der Waals surface area contributed by atoms with Gasteiger partial charge in [-0.15, -0.1) is 0 Å². The summed E-state index contributed by atoms with van der Waals surface area (Å²) in [6.07, 6.45) is -3.21. The van der Waals surface area contributed by atoms with Crippen molar-refractivity contribution < 1.29 is 27.2 Å². The Morgan fingerprint density at radius 2 is 2.11 bits per heavy atom. The summed E-state index contributed by atoms with van der Waals surface area (Å²) in [6.45, 7) is -1.91. The Labute approximate surface area is 114 Å². The van der Waals surface area contributed by atoms with Crippen LogP contribution in [0.5, 0.6) is 0 Å². The number of furan rings is 1. The van der Waals surface area contributed by atoms with Crippen molar-refractivity contribution in [1.82, 2.24) is 10.2 Å². The number of hydrogen-bond donors (Lipinski definition) is 1. The van der Waals surface area contributed by atoms with E-state index >= 15 is 0 Å². The molecule has 106 valence electrons. The third-order valence-corrected chi connectivity index (χ3v) is 2.68. The van der Waals surface area contributed by atoms with Crippen LogP contribution in [-0.4, -0.2) is 43.0 Å². The van der Waals surface area contributed by atoms with Crippen LogP contribution in [0.3, 0.4) is 0 Å². The van der Waals surface area contributed by atoms with Crippen LogP contribution >= 0.6 is 15.9 Å². The summed E-state index contributed by atoms with van der Waals surface area (Å²) in [5.41, 5.74) is 0.186. The van der Waals surface area contributed by atoms with Crippen molar-refractivity contribution in [3.63, 3.8) is 0 Å². The molecule has 2 amide bonds. The Kier molecular flexibility index (Phi) is 4.98. The Bertz CT molecular complexity index is 473. The van der Waals surface area contributed by atoms with Crippen LogP contribution in [0.2, 0.25) is 0 Å². The zero-order valence-corrected chi connectivity index (χ0v) is 11.3. The number of alkyl halides is 3. The quantitative estimate of drug-likeness (QED) is 0.907. The highest BCUT2D eigenvalue weighted by atomic mass is 79.9. The maximum atomic E-state index is 11.9. The van der Waals surface area contributed by atoms with E-state index in [1.807, 2.05) is 0 Å². The van der Waals surface area contributed by atoms with Gasteiger partial charge in [0.1, 0.15) is 6.54 Å². The molecule has 0 fully saturated rings. The average Bonchev–Trinajstić information content (AvgIpc) is 2.71. The molecule has 0 aliphatic rings. The van der Waals surface area contributed by atoms with Gasteiger partial charge >= 0.3 is 6.18 Å². The first-order chi connectivity index (χ1) is 8.70. The Hall–Kier alpha value is -1.51. The van der Waals surface area contributed by atoms with Crippen LogP contribution in [-0.2, 0) is 4.79 Å². The van der Waals surface area contributed by atoms with Crippen LogP contribution in [0.15, 0.2) is 21.4 Å². The summed E-state index contributed by atoms with van der Waals surface area (Å²) in [6, 6.07) is 1.39. The second-order valence-corrected chi connectivity index (χ2v) is 4.38. The molecule has 1 aromatic heterocycles. The van der Waals surface area contributed by atoms with Gasteiger partial charge in [-0.25, -0.2) is 0 Å². The summed E-state index contributed by atoms with van der Waals surface area (Å²) >= 11 is 2.99. The molecule has 0 saturated carbocycles. The molecule has 1 aromatic rings. The fourth-order valence-corrected chi connectivity index (χ4v) is 1.60. The van der Waals surface area contributed by atoms with Gasteiger partial charge in [0.05, 0.1) is 18.4 Å². The van der Waals surface area contributed by atoms with Crippen molar-refractivity contribution in [3.05, 3.63) is 22.6 Å². The first-order valence-corrected chi connectivity index (χ1v) is 5.82. The van der Waals surface area contributed by atoms with Gasteiger partial charge in [-0.1, -0.05) is 0 Å². The second kappa shape index (κ2) is 6.09. The first-order valence-electron chi connectivity index (χ1n) is 5.02. The summed E-state index contributed by atoms with van der Waals surface area (Å²) in [5.74, 6) is -1.43. The molecule has 5 nitrogen and oxygen atoms in total. The number of likely N-dealkylation sites (N-methyl/N-ethyl adjacent to an activating group) is 1. The molecule has 0 bridgehead atoms. The highest BCUT2D eigenvalue weighted by Crippen LogP contribution is 2.18. The first kappa shape index (κ1) is 15.5. The van der Waals surface area contributed by atoms with Crippen LogP contribution < -0.4 is 5.32 Å². The van der Waals surface area contributed by atoms with E-state index in [4.69, 9.17) is 4.42 Å². The normalized spacial score (nSPS) is 11.2. The predicted molar refractivity (Wildman–Crippen MR) is 62.4 cm³/mol. The third kappa shape index (κ3) is 4.93. The maximum Gasteiger partial charge on any atom is 0.405 e.